The molecule has 88 valence electrons. The molecule has 1 unspecified atom stereocenters. The van der Waals surface area contributed by atoms with E-state index in [1.807, 2.05) is 0 Å². The maximum absolute atomic E-state index is 5.77. The Bertz CT molecular complexity index is 228. The van der Waals surface area contributed by atoms with E-state index < -0.39 is 0 Å². The van der Waals surface area contributed by atoms with Gasteiger partial charge in [-0.05, 0) is 39.5 Å². The van der Waals surface area contributed by atoms with Gasteiger partial charge in [-0.2, -0.15) is 0 Å². The maximum Gasteiger partial charge on any atom is 0.189 e. The first kappa shape index (κ1) is 12.3. The van der Waals surface area contributed by atoms with E-state index in [1.54, 1.807) is 7.11 Å². The first-order valence-electron chi connectivity index (χ1n) is 5.53. The van der Waals surface area contributed by atoms with E-state index in [2.05, 4.69) is 31.1 Å². The minimum atomic E-state index is -0.0320. The maximum atomic E-state index is 5.77. The fraction of sp³-hybridized carbons (Fsp3) is 0.909. The summed E-state index contributed by atoms with van der Waals surface area (Å²) in [4.78, 5) is 4.30. The first-order chi connectivity index (χ1) is 6.92. The van der Waals surface area contributed by atoms with Gasteiger partial charge in [-0.1, -0.05) is 0 Å². The summed E-state index contributed by atoms with van der Waals surface area (Å²) in [5.41, 5.74) is 5.73. The molecule has 0 aromatic carbocycles. The summed E-state index contributed by atoms with van der Waals surface area (Å²) in [5.74, 6) is 1.20. The van der Waals surface area contributed by atoms with E-state index in [4.69, 9.17) is 10.5 Å². The molecule has 1 rings (SSSR count). The SMILES string of the molecule is COC(CN=C(N)NC(C)(C)C)C1CC1. The molecule has 0 amide bonds. The van der Waals surface area contributed by atoms with Gasteiger partial charge in [0.05, 0.1) is 12.6 Å². The van der Waals surface area contributed by atoms with E-state index in [0.717, 1.165) is 0 Å². The van der Waals surface area contributed by atoms with Crippen LogP contribution in [0, 0.1) is 5.92 Å². The highest BCUT2D eigenvalue weighted by molar-refractivity contribution is 5.78. The van der Waals surface area contributed by atoms with Crippen LogP contribution in [0.1, 0.15) is 33.6 Å². The average Bonchev–Trinajstić information content (AvgIpc) is 2.85. The summed E-state index contributed by atoms with van der Waals surface area (Å²) < 4.78 is 5.36. The second kappa shape index (κ2) is 4.84. The lowest BCUT2D eigenvalue weighted by Gasteiger charge is -2.21. The second-order valence-corrected chi connectivity index (χ2v) is 5.21. The quantitative estimate of drug-likeness (QED) is 0.543. The van der Waals surface area contributed by atoms with Gasteiger partial charge < -0.3 is 15.8 Å². The lowest BCUT2D eigenvalue weighted by Crippen LogP contribution is -2.45. The van der Waals surface area contributed by atoms with Gasteiger partial charge in [-0.15, -0.1) is 0 Å². The molecule has 1 saturated carbocycles. The van der Waals surface area contributed by atoms with Crippen molar-refractivity contribution >= 4 is 5.96 Å². The van der Waals surface area contributed by atoms with Crippen molar-refractivity contribution < 1.29 is 4.74 Å². The van der Waals surface area contributed by atoms with E-state index in [1.165, 1.54) is 12.8 Å². The van der Waals surface area contributed by atoms with Crippen LogP contribution in [0.3, 0.4) is 0 Å². The summed E-state index contributed by atoms with van der Waals surface area (Å²) in [7, 11) is 1.74. The molecule has 0 bridgehead atoms. The molecular formula is C11H23N3O. The normalized spacial score (nSPS) is 20.1. The zero-order valence-corrected chi connectivity index (χ0v) is 10.2. The van der Waals surface area contributed by atoms with Gasteiger partial charge >= 0.3 is 0 Å². The van der Waals surface area contributed by atoms with E-state index >= 15 is 0 Å². The number of hydrogen-bond donors (Lipinski definition) is 2. The summed E-state index contributed by atoms with van der Waals surface area (Å²) in [6, 6.07) is 0. The Morgan fingerprint density at radius 3 is 2.53 bits per heavy atom. The molecule has 1 aliphatic carbocycles. The largest absolute Gasteiger partial charge is 0.379 e. The Balaban J connectivity index is 2.34. The molecule has 0 saturated heterocycles. The highest BCUT2D eigenvalue weighted by Gasteiger charge is 2.31. The van der Waals surface area contributed by atoms with Crippen molar-refractivity contribution in [2.75, 3.05) is 13.7 Å². The van der Waals surface area contributed by atoms with Crippen LogP contribution < -0.4 is 11.1 Å². The van der Waals surface area contributed by atoms with Crippen LogP contribution in [0.4, 0.5) is 0 Å². The van der Waals surface area contributed by atoms with Gasteiger partial charge in [-0.3, -0.25) is 4.99 Å². The van der Waals surface area contributed by atoms with Crippen LogP contribution in [0.15, 0.2) is 4.99 Å². The van der Waals surface area contributed by atoms with Crippen LogP contribution in [-0.4, -0.2) is 31.3 Å². The molecule has 4 heteroatoms. The predicted molar refractivity (Wildman–Crippen MR) is 62.9 cm³/mol. The minimum absolute atomic E-state index is 0.0320. The molecule has 0 spiro atoms. The van der Waals surface area contributed by atoms with Gasteiger partial charge in [0, 0.05) is 12.6 Å². The molecule has 0 aromatic rings. The number of methoxy groups -OCH3 is 1. The lowest BCUT2D eigenvalue weighted by molar-refractivity contribution is 0.0918. The van der Waals surface area contributed by atoms with Crippen molar-refractivity contribution in [2.45, 2.75) is 45.3 Å². The third kappa shape index (κ3) is 5.02. The Morgan fingerprint density at radius 2 is 2.13 bits per heavy atom. The standard InChI is InChI=1S/C11H23N3O/c1-11(2,3)14-10(12)13-7-9(15-4)8-5-6-8/h8-9H,5-7H2,1-4H3,(H3,12,13,14). The van der Waals surface area contributed by atoms with Crippen molar-refractivity contribution in [3.63, 3.8) is 0 Å². The number of aliphatic imine (C=N–C) groups is 1. The summed E-state index contributed by atoms with van der Waals surface area (Å²) in [5, 5.41) is 3.13. The lowest BCUT2D eigenvalue weighted by atomic mass is 10.1. The monoisotopic (exact) mass is 213 g/mol. The Labute approximate surface area is 92.3 Å². The third-order valence-electron chi connectivity index (χ3n) is 2.40. The van der Waals surface area contributed by atoms with Crippen LogP contribution in [0.2, 0.25) is 0 Å². The molecule has 15 heavy (non-hydrogen) atoms. The minimum Gasteiger partial charge on any atom is -0.379 e. The highest BCUT2D eigenvalue weighted by Crippen LogP contribution is 2.34. The molecular weight excluding hydrogens is 190 g/mol. The number of hydrogen-bond acceptors (Lipinski definition) is 2. The van der Waals surface area contributed by atoms with Gasteiger partial charge in [-0.25, -0.2) is 0 Å². The van der Waals surface area contributed by atoms with Gasteiger partial charge in [0.25, 0.3) is 0 Å². The average molecular weight is 213 g/mol. The molecule has 0 heterocycles. The number of ether oxygens (including phenoxy) is 1. The van der Waals surface area contributed by atoms with E-state index in [0.29, 0.717) is 18.4 Å². The van der Waals surface area contributed by atoms with E-state index in [9.17, 15) is 0 Å². The van der Waals surface area contributed by atoms with E-state index in [-0.39, 0.29) is 11.6 Å². The van der Waals surface area contributed by atoms with Crippen molar-refractivity contribution in [2.24, 2.45) is 16.6 Å². The van der Waals surface area contributed by atoms with Crippen LogP contribution in [-0.2, 0) is 4.74 Å². The molecule has 0 radical (unpaired) electrons. The van der Waals surface area contributed by atoms with Crippen LogP contribution >= 0.6 is 0 Å². The summed E-state index contributed by atoms with van der Waals surface area (Å²) >= 11 is 0. The number of rotatable bonds is 4. The molecule has 1 atom stereocenters. The van der Waals surface area contributed by atoms with Crippen molar-refractivity contribution in [3.8, 4) is 0 Å². The Hall–Kier alpha value is -0.770. The number of nitrogens with zero attached hydrogens (tertiary/aromatic N) is 1. The first-order valence-corrected chi connectivity index (χ1v) is 5.53. The summed E-state index contributed by atoms with van der Waals surface area (Å²) in [6.45, 7) is 6.84. The van der Waals surface area contributed by atoms with Gasteiger partial charge in [0.15, 0.2) is 5.96 Å². The zero-order chi connectivity index (χ0) is 11.5. The smallest absolute Gasteiger partial charge is 0.189 e. The molecule has 4 nitrogen and oxygen atoms in total. The van der Waals surface area contributed by atoms with Crippen LogP contribution in [0.5, 0.6) is 0 Å². The fourth-order valence-corrected chi connectivity index (χ4v) is 1.50. The topological polar surface area (TPSA) is 59.6 Å². The highest BCUT2D eigenvalue weighted by atomic mass is 16.5. The van der Waals surface area contributed by atoms with Gasteiger partial charge in [0.2, 0.25) is 0 Å². The van der Waals surface area contributed by atoms with Crippen molar-refractivity contribution in [3.05, 3.63) is 0 Å². The third-order valence-corrected chi connectivity index (χ3v) is 2.40. The fourth-order valence-electron chi connectivity index (χ4n) is 1.50. The van der Waals surface area contributed by atoms with Crippen molar-refractivity contribution in [1.29, 1.82) is 0 Å². The number of guanidine groups is 1. The molecule has 0 aliphatic heterocycles. The van der Waals surface area contributed by atoms with Gasteiger partial charge in [0.1, 0.15) is 0 Å². The molecule has 0 aromatic heterocycles. The number of nitrogens with two attached hydrogens (primary N) is 1. The Kier molecular flexibility index (Phi) is 3.97. The Morgan fingerprint density at radius 1 is 1.53 bits per heavy atom. The zero-order valence-electron chi connectivity index (χ0n) is 10.2. The molecule has 1 aliphatic rings. The summed E-state index contributed by atoms with van der Waals surface area (Å²) in [6.07, 6.45) is 2.77. The van der Waals surface area contributed by atoms with Crippen molar-refractivity contribution in [1.82, 2.24) is 5.32 Å². The molecule has 1 fully saturated rings. The predicted octanol–water partition coefficient (Wildman–Crippen LogP) is 1.11. The molecule has 3 N–H and O–H groups in total. The van der Waals surface area contributed by atoms with Crippen LogP contribution in [0.25, 0.3) is 0 Å². The second-order valence-electron chi connectivity index (χ2n) is 5.21. The number of nitrogens with one attached hydrogen (secondary N) is 1.